The second kappa shape index (κ2) is 50.7. The van der Waals surface area contributed by atoms with Crippen LogP contribution < -0.4 is 0 Å². The van der Waals surface area contributed by atoms with E-state index in [1.807, 2.05) is 0 Å². The molecule has 1 heterocycles. The first-order valence-electron chi connectivity index (χ1n) is 29.6. The zero-order chi connectivity index (χ0) is 54.7. The van der Waals surface area contributed by atoms with E-state index in [1.165, 1.54) is 32.1 Å². The van der Waals surface area contributed by atoms with Gasteiger partial charge >= 0.3 is 23.9 Å². The van der Waals surface area contributed by atoms with Gasteiger partial charge < -0.3 is 39.0 Å². The third-order valence-electron chi connectivity index (χ3n) is 12.9. The summed E-state index contributed by atoms with van der Waals surface area (Å²) in [6.07, 6.45) is 52.7. The molecule has 1 aliphatic rings. The summed E-state index contributed by atoms with van der Waals surface area (Å²) in [4.78, 5) is 51.1. The minimum Gasteiger partial charge on any atom is -0.479 e. The number of hydrogen-bond donors (Lipinski definition) is 3. The van der Waals surface area contributed by atoms with Gasteiger partial charge in [0.15, 0.2) is 24.6 Å². The summed E-state index contributed by atoms with van der Waals surface area (Å²) in [5.74, 6) is -3.17. The number of hydrogen-bond acceptors (Lipinski definition) is 11. The van der Waals surface area contributed by atoms with Crippen LogP contribution in [0.25, 0.3) is 0 Å². The van der Waals surface area contributed by atoms with Crippen molar-refractivity contribution in [2.45, 2.75) is 276 Å². The summed E-state index contributed by atoms with van der Waals surface area (Å²) in [5.41, 5.74) is 0. The average Bonchev–Trinajstić information content (AvgIpc) is 3.39. The lowest BCUT2D eigenvalue weighted by Crippen LogP contribution is -2.61. The first-order valence-corrected chi connectivity index (χ1v) is 29.6. The lowest BCUT2D eigenvalue weighted by atomic mass is 9.98. The number of carbonyl (C=O) groups excluding carboxylic acids is 3. The molecular weight excluding hydrogens is 949 g/mol. The number of rotatable bonds is 49. The van der Waals surface area contributed by atoms with Crippen LogP contribution in [0.3, 0.4) is 0 Å². The van der Waals surface area contributed by atoms with Crippen molar-refractivity contribution in [3.05, 3.63) is 85.1 Å². The van der Waals surface area contributed by atoms with Gasteiger partial charge in [0, 0.05) is 19.3 Å². The van der Waals surface area contributed by atoms with E-state index in [0.29, 0.717) is 19.3 Å². The minimum atomic E-state index is -1.91. The average molecular weight is 1050 g/mol. The Labute approximate surface area is 454 Å². The monoisotopic (exact) mass is 1050 g/mol. The van der Waals surface area contributed by atoms with E-state index in [1.54, 1.807) is 0 Å². The first kappa shape index (κ1) is 68.9. The van der Waals surface area contributed by atoms with Crippen LogP contribution in [0.5, 0.6) is 0 Å². The predicted molar refractivity (Wildman–Crippen MR) is 303 cm³/mol. The number of esters is 3. The Kier molecular flexibility index (Phi) is 46.6. The van der Waals surface area contributed by atoms with Crippen LogP contribution in [0.15, 0.2) is 85.1 Å². The van der Waals surface area contributed by atoms with Crippen molar-refractivity contribution in [1.29, 1.82) is 0 Å². The number of aliphatic hydroxyl groups is 2. The van der Waals surface area contributed by atoms with Gasteiger partial charge in [-0.3, -0.25) is 14.4 Å². The van der Waals surface area contributed by atoms with Crippen molar-refractivity contribution >= 4 is 23.9 Å². The molecule has 6 unspecified atom stereocenters. The van der Waals surface area contributed by atoms with Crippen molar-refractivity contribution in [2.75, 3.05) is 13.2 Å². The molecule has 0 radical (unpaired) electrons. The van der Waals surface area contributed by atoms with E-state index in [4.69, 9.17) is 23.7 Å². The molecule has 3 N–H and O–H groups in total. The molecule has 1 saturated heterocycles. The van der Waals surface area contributed by atoms with Crippen molar-refractivity contribution < 1.29 is 58.2 Å². The Balaban J connectivity index is 2.70. The summed E-state index contributed by atoms with van der Waals surface area (Å²) in [6, 6.07) is 0. The Morgan fingerprint density at radius 1 is 0.453 bits per heavy atom. The Bertz CT molecular complexity index is 1630. The molecule has 0 saturated carbocycles. The number of carbonyl (C=O) groups is 4. The molecule has 75 heavy (non-hydrogen) atoms. The van der Waals surface area contributed by atoms with Gasteiger partial charge in [-0.2, -0.15) is 0 Å². The summed E-state index contributed by atoms with van der Waals surface area (Å²) in [7, 11) is 0. The predicted octanol–water partition coefficient (Wildman–Crippen LogP) is 15.1. The molecule has 12 heteroatoms. The van der Waals surface area contributed by atoms with Crippen molar-refractivity contribution in [3.8, 4) is 0 Å². The molecule has 12 nitrogen and oxygen atoms in total. The van der Waals surface area contributed by atoms with Crippen LogP contribution in [0.4, 0.5) is 0 Å². The SMILES string of the molecule is CC/C=C\C/C=C\C/C=C\C/C=C\CCCCCCCCC(=O)OCC(COC1OC(C(=O)O)C(O)C(O)C1OC(=O)CCCCCCC/C=C\CCCC)OC(=O)CCCCCCC/C=C\C/C=C\CCCCC. The summed E-state index contributed by atoms with van der Waals surface area (Å²) >= 11 is 0. The highest BCUT2D eigenvalue weighted by atomic mass is 16.7. The lowest BCUT2D eigenvalue weighted by molar-refractivity contribution is -0.301. The van der Waals surface area contributed by atoms with Gasteiger partial charge in [-0.05, 0) is 109 Å². The van der Waals surface area contributed by atoms with E-state index in [2.05, 4.69) is 106 Å². The third-order valence-corrected chi connectivity index (χ3v) is 12.9. The van der Waals surface area contributed by atoms with E-state index in [9.17, 15) is 34.5 Å². The van der Waals surface area contributed by atoms with Gasteiger partial charge in [-0.1, -0.05) is 196 Å². The third kappa shape index (κ3) is 40.8. The normalized spacial score (nSPS) is 18.8. The number of aliphatic hydroxyl groups excluding tert-OH is 2. The standard InChI is InChI=1S/C63H104O12/c1-4-7-10-13-16-19-22-24-26-27-28-29-31-32-35-37-40-43-46-49-55(64)71-52-54(73-56(65)50-47-44-41-39-36-33-30-25-23-20-17-14-11-8-5-2)53-72-63-61(59(68)58(67)60(75-63)62(69)70)74-57(66)51-48-45-42-38-34-21-18-15-12-9-6-3/h7,10,15-20,24-26,28-30,54,58-61,63,67-68H,4-6,8-9,11-14,21-23,27,31-53H2,1-3H3,(H,69,70)/b10-7-,18-15-,19-16-,20-17-,26-24-,29-28-,30-25-. The molecule has 1 rings (SSSR count). The molecule has 0 aromatic carbocycles. The minimum absolute atomic E-state index is 0.0440. The van der Waals surface area contributed by atoms with E-state index >= 15 is 0 Å². The molecule has 0 aromatic heterocycles. The highest BCUT2D eigenvalue weighted by molar-refractivity contribution is 5.74. The van der Waals surface area contributed by atoms with Crippen LogP contribution in [0.1, 0.15) is 239 Å². The molecule has 1 fully saturated rings. The van der Waals surface area contributed by atoms with Gasteiger partial charge in [-0.25, -0.2) is 4.79 Å². The van der Waals surface area contributed by atoms with E-state index < -0.39 is 67.3 Å². The van der Waals surface area contributed by atoms with Crippen LogP contribution in [0.2, 0.25) is 0 Å². The Morgan fingerprint density at radius 2 is 0.853 bits per heavy atom. The van der Waals surface area contributed by atoms with Gasteiger partial charge in [0.25, 0.3) is 0 Å². The zero-order valence-corrected chi connectivity index (χ0v) is 47.0. The van der Waals surface area contributed by atoms with Crippen molar-refractivity contribution in [3.63, 3.8) is 0 Å². The van der Waals surface area contributed by atoms with E-state index in [0.717, 1.165) is 148 Å². The second-order valence-corrected chi connectivity index (χ2v) is 19.9. The van der Waals surface area contributed by atoms with Gasteiger partial charge in [0.05, 0.1) is 6.61 Å². The van der Waals surface area contributed by atoms with Crippen LogP contribution in [-0.4, -0.2) is 89.2 Å². The maximum Gasteiger partial charge on any atom is 0.335 e. The number of aliphatic carboxylic acids is 1. The smallest absolute Gasteiger partial charge is 0.335 e. The van der Waals surface area contributed by atoms with Crippen molar-refractivity contribution in [1.82, 2.24) is 0 Å². The van der Waals surface area contributed by atoms with Crippen LogP contribution in [-0.2, 0) is 42.9 Å². The van der Waals surface area contributed by atoms with E-state index in [-0.39, 0.29) is 25.9 Å². The molecule has 428 valence electrons. The molecule has 1 aliphatic heterocycles. The largest absolute Gasteiger partial charge is 0.479 e. The zero-order valence-electron chi connectivity index (χ0n) is 47.0. The molecule has 0 amide bonds. The number of carboxylic acid groups (broad SMARTS) is 1. The molecule has 6 atom stereocenters. The Morgan fingerprint density at radius 3 is 1.33 bits per heavy atom. The number of carboxylic acids is 1. The number of ether oxygens (including phenoxy) is 5. The highest BCUT2D eigenvalue weighted by Crippen LogP contribution is 2.26. The van der Waals surface area contributed by atoms with Crippen LogP contribution >= 0.6 is 0 Å². The summed E-state index contributed by atoms with van der Waals surface area (Å²) < 4.78 is 28.4. The van der Waals surface area contributed by atoms with Gasteiger partial charge in [0.2, 0.25) is 0 Å². The highest BCUT2D eigenvalue weighted by Gasteiger charge is 2.50. The number of allylic oxidation sites excluding steroid dienone is 14. The maximum atomic E-state index is 13.1. The molecule has 0 spiro atoms. The molecular formula is C63H104O12. The maximum absolute atomic E-state index is 13.1. The molecule has 0 aromatic rings. The Hall–Kier alpha value is -4.10. The van der Waals surface area contributed by atoms with Gasteiger partial charge in [0.1, 0.15) is 18.8 Å². The van der Waals surface area contributed by atoms with Gasteiger partial charge in [-0.15, -0.1) is 0 Å². The quantitative estimate of drug-likeness (QED) is 0.0228. The first-order chi connectivity index (χ1) is 36.6. The summed E-state index contributed by atoms with van der Waals surface area (Å²) in [5, 5.41) is 31.4. The molecule has 0 bridgehead atoms. The fourth-order valence-electron chi connectivity index (χ4n) is 8.37. The number of unbranched alkanes of at least 4 members (excludes halogenated alkanes) is 21. The van der Waals surface area contributed by atoms with Crippen LogP contribution in [0, 0.1) is 0 Å². The topological polar surface area (TPSA) is 175 Å². The van der Waals surface area contributed by atoms with Crippen molar-refractivity contribution in [2.24, 2.45) is 0 Å². The fourth-order valence-corrected chi connectivity index (χ4v) is 8.37. The summed E-state index contributed by atoms with van der Waals surface area (Å²) in [6.45, 7) is 5.78. The fraction of sp³-hybridized carbons (Fsp3) is 0.714. The molecule has 0 aliphatic carbocycles. The lowest BCUT2D eigenvalue weighted by Gasteiger charge is -2.40. The second-order valence-electron chi connectivity index (χ2n) is 19.9.